The summed E-state index contributed by atoms with van der Waals surface area (Å²) in [6.07, 6.45) is 0.728. The first-order valence-corrected chi connectivity index (χ1v) is 10.4. The van der Waals surface area contributed by atoms with Gasteiger partial charge in [0.2, 0.25) is 11.8 Å². The molecule has 0 bridgehead atoms. The van der Waals surface area contributed by atoms with Gasteiger partial charge in [0, 0.05) is 30.1 Å². The SMILES string of the molecule is CC(=O)Nc1cccc(OCCCN2C(=O)CSC2c2ccc(Cl)s2)c1. The van der Waals surface area contributed by atoms with Crippen LogP contribution in [0, 0.1) is 0 Å². The van der Waals surface area contributed by atoms with Gasteiger partial charge in [0.05, 0.1) is 16.7 Å². The molecule has 2 aromatic rings. The number of thioether (sulfide) groups is 1. The number of rotatable bonds is 7. The van der Waals surface area contributed by atoms with Crippen molar-refractivity contribution in [2.45, 2.75) is 18.7 Å². The van der Waals surface area contributed by atoms with E-state index in [0.29, 0.717) is 30.3 Å². The molecule has 5 nitrogen and oxygen atoms in total. The van der Waals surface area contributed by atoms with Gasteiger partial charge in [-0.05, 0) is 30.7 Å². The lowest BCUT2D eigenvalue weighted by Gasteiger charge is -2.23. The fourth-order valence-electron chi connectivity index (χ4n) is 2.68. The molecule has 2 amide bonds. The van der Waals surface area contributed by atoms with Crippen LogP contribution in [0.5, 0.6) is 5.75 Å². The minimum Gasteiger partial charge on any atom is -0.493 e. The molecule has 3 rings (SSSR count). The summed E-state index contributed by atoms with van der Waals surface area (Å²) in [6, 6.07) is 11.1. The quantitative estimate of drug-likeness (QED) is 0.687. The highest BCUT2D eigenvalue weighted by molar-refractivity contribution is 8.00. The molecule has 138 valence electrons. The Hall–Kier alpha value is -1.70. The number of nitrogens with zero attached hydrogens (tertiary/aromatic N) is 1. The summed E-state index contributed by atoms with van der Waals surface area (Å²) in [7, 11) is 0. The monoisotopic (exact) mass is 410 g/mol. The van der Waals surface area contributed by atoms with Gasteiger partial charge < -0.3 is 15.0 Å². The highest BCUT2D eigenvalue weighted by Crippen LogP contribution is 2.42. The minimum atomic E-state index is -0.119. The molecule has 1 aromatic carbocycles. The summed E-state index contributed by atoms with van der Waals surface area (Å²) < 4.78 is 6.49. The molecule has 1 aromatic heterocycles. The van der Waals surface area contributed by atoms with E-state index in [1.54, 1.807) is 17.8 Å². The molecule has 0 spiro atoms. The molecule has 2 heterocycles. The van der Waals surface area contributed by atoms with Crippen molar-refractivity contribution in [1.29, 1.82) is 0 Å². The molecule has 1 aliphatic heterocycles. The number of hydrogen-bond donors (Lipinski definition) is 1. The van der Waals surface area contributed by atoms with Crippen molar-refractivity contribution >= 4 is 52.2 Å². The fraction of sp³-hybridized carbons (Fsp3) is 0.333. The third-order valence-corrected chi connectivity index (χ3v) is 6.44. The van der Waals surface area contributed by atoms with Gasteiger partial charge in [-0.1, -0.05) is 17.7 Å². The predicted molar refractivity (Wildman–Crippen MR) is 107 cm³/mol. The van der Waals surface area contributed by atoms with Crippen molar-refractivity contribution < 1.29 is 14.3 Å². The van der Waals surface area contributed by atoms with Crippen LogP contribution >= 0.6 is 34.7 Å². The molecule has 0 aliphatic carbocycles. The molecule has 1 aliphatic rings. The Labute approximate surface area is 165 Å². The maximum atomic E-state index is 12.2. The van der Waals surface area contributed by atoms with Gasteiger partial charge in [-0.25, -0.2) is 0 Å². The second kappa shape index (κ2) is 8.79. The van der Waals surface area contributed by atoms with E-state index in [4.69, 9.17) is 16.3 Å². The number of carbonyl (C=O) groups is 2. The van der Waals surface area contributed by atoms with E-state index >= 15 is 0 Å². The number of anilines is 1. The highest BCUT2D eigenvalue weighted by Gasteiger charge is 2.33. The number of carbonyl (C=O) groups excluding carboxylic acids is 2. The number of benzene rings is 1. The van der Waals surface area contributed by atoms with Crippen molar-refractivity contribution in [3.05, 3.63) is 45.6 Å². The Morgan fingerprint density at radius 1 is 1.38 bits per heavy atom. The summed E-state index contributed by atoms with van der Waals surface area (Å²) in [5.74, 6) is 1.23. The average Bonchev–Trinajstić information content (AvgIpc) is 3.17. The normalized spacial score (nSPS) is 16.8. The second-order valence-corrected chi connectivity index (χ2v) is 8.62. The molecular weight excluding hydrogens is 392 g/mol. The number of ether oxygens (including phenoxy) is 1. The van der Waals surface area contributed by atoms with Crippen molar-refractivity contribution in [2.75, 3.05) is 24.2 Å². The lowest BCUT2D eigenvalue weighted by Crippen LogP contribution is -2.29. The summed E-state index contributed by atoms with van der Waals surface area (Å²) in [5.41, 5.74) is 0.704. The first kappa shape index (κ1) is 19.1. The number of thiophene rings is 1. The first-order chi connectivity index (χ1) is 12.5. The lowest BCUT2D eigenvalue weighted by atomic mass is 10.3. The minimum absolute atomic E-state index is 0.0445. The van der Waals surface area contributed by atoms with E-state index in [9.17, 15) is 9.59 Å². The zero-order valence-corrected chi connectivity index (χ0v) is 16.6. The van der Waals surface area contributed by atoms with Gasteiger partial charge >= 0.3 is 0 Å². The van der Waals surface area contributed by atoms with E-state index in [1.165, 1.54) is 18.3 Å². The Kier molecular flexibility index (Phi) is 6.45. The lowest BCUT2D eigenvalue weighted by molar-refractivity contribution is -0.128. The van der Waals surface area contributed by atoms with Crippen LogP contribution in [0.4, 0.5) is 5.69 Å². The summed E-state index contributed by atoms with van der Waals surface area (Å²) in [4.78, 5) is 26.3. The number of amides is 2. The molecule has 0 saturated carbocycles. The predicted octanol–water partition coefficient (Wildman–Crippen LogP) is 4.40. The molecule has 26 heavy (non-hydrogen) atoms. The zero-order valence-electron chi connectivity index (χ0n) is 14.2. The van der Waals surface area contributed by atoms with Crippen LogP contribution in [0.15, 0.2) is 36.4 Å². The van der Waals surface area contributed by atoms with Crippen LogP contribution in [0.2, 0.25) is 4.34 Å². The highest BCUT2D eigenvalue weighted by atomic mass is 35.5. The van der Waals surface area contributed by atoms with Crippen LogP contribution in [0.25, 0.3) is 0 Å². The Balaban J connectivity index is 1.51. The molecule has 1 atom stereocenters. The number of hydrogen-bond acceptors (Lipinski definition) is 5. The van der Waals surface area contributed by atoms with Crippen LogP contribution in [0.1, 0.15) is 23.6 Å². The molecule has 1 fully saturated rings. The second-order valence-electron chi connectivity index (χ2n) is 5.80. The molecule has 1 N–H and O–H groups in total. The first-order valence-electron chi connectivity index (χ1n) is 8.19. The Morgan fingerprint density at radius 3 is 2.96 bits per heavy atom. The third-order valence-electron chi connectivity index (χ3n) is 3.77. The largest absolute Gasteiger partial charge is 0.493 e. The Morgan fingerprint density at radius 2 is 2.23 bits per heavy atom. The summed E-state index contributed by atoms with van der Waals surface area (Å²) in [6.45, 7) is 2.60. The number of nitrogens with one attached hydrogen (secondary N) is 1. The van der Waals surface area contributed by atoms with E-state index in [-0.39, 0.29) is 17.2 Å². The smallest absolute Gasteiger partial charge is 0.233 e. The number of halogens is 1. The van der Waals surface area contributed by atoms with Crippen LogP contribution in [-0.2, 0) is 9.59 Å². The van der Waals surface area contributed by atoms with Gasteiger partial charge in [-0.2, -0.15) is 0 Å². The molecule has 1 saturated heterocycles. The summed E-state index contributed by atoms with van der Waals surface area (Å²) >= 11 is 9.17. The Bertz CT molecular complexity index is 796. The molecule has 1 unspecified atom stereocenters. The topological polar surface area (TPSA) is 58.6 Å². The van der Waals surface area contributed by atoms with Crippen LogP contribution in [0.3, 0.4) is 0 Å². The maximum absolute atomic E-state index is 12.2. The van der Waals surface area contributed by atoms with Gasteiger partial charge in [0.15, 0.2) is 0 Å². The van der Waals surface area contributed by atoms with E-state index in [0.717, 1.165) is 15.6 Å². The van der Waals surface area contributed by atoms with Gasteiger partial charge in [-0.3, -0.25) is 9.59 Å². The summed E-state index contributed by atoms with van der Waals surface area (Å²) in [5, 5.41) is 2.77. The standard InChI is InChI=1S/C18H19ClN2O3S2/c1-12(22)20-13-4-2-5-14(10-13)24-9-3-8-21-17(23)11-25-18(21)15-6-7-16(19)26-15/h2,4-7,10,18H,3,8-9,11H2,1H3,(H,20,22). The van der Waals surface area contributed by atoms with Gasteiger partial charge in [0.25, 0.3) is 0 Å². The average molecular weight is 411 g/mol. The molecular formula is C18H19ClN2O3S2. The third kappa shape index (κ3) is 4.93. The van der Waals surface area contributed by atoms with Crippen molar-refractivity contribution in [3.8, 4) is 5.75 Å². The van der Waals surface area contributed by atoms with Crippen molar-refractivity contribution in [3.63, 3.8) is 0 Å². The zero-order chi connectivity index (χ0) is 18.5. The van der Waals surface area contributed by atoms with E-state index in [1.807, 2.05) is 35.2 Å². The van der Waals surface area contributed by atoms with E-state index < -0.39 is 0 Å². The van der Waals surface area contributed by atoms with E-state index in [2.05, 4.69) is 5.32 Å². The van der Waals surface area contributed by atoms with Gasteiger partial charge in [-0.15, -0.1) is 23.1 Å². The molecule has 8 heteroatoms. The maximum Gasteiger partial charge on any atom is 0.233 e. The van der Waals surface area contributed by atoms with Gasteiger partial charge in [0.1, 0.15) is 11.1 Å². The van der Waals surface area contributed by atoms with Crippen LogP contribution < -0.4 is 10.1 Å². The fourth-order valence-corrected chi connectivity index (χ4v) is 5.20. The van der Waals surface area contributed by atoms with Crippen LogP contribution in [-0.4, -0.2) is 35.6 Å². The molecule has 0 radical (unpaired) electrons. The van der Waals surface area contributed by atoms with Crippen molar-refractivity contribution in [2.24, 2.45) is 0 Å². The van der Waals surface area contributed by atoms with Crippen molar-refractivity contribution in [1.82, 2.24) is 4.90 Å².